The second kappa shape index (κ2) is 5.72. The van der Waals surface area contributed by atoms with Gasteiger partial charge in [-0.1, -0.05) is 0 Å². The molecule has 1 heterocycles. The van der Waals surface area contributed by atoms with Crippen molar-refractivity contribution in [3.8, 4) is 5.75 Å². The van der Waals surface area contributed by atoms with Gasteiger partial charge in [-0.25, -0.2) is 0 Å². The van der Waals surface area contributed by atoms with Crippen LogP contribution in [0.2, 0.25) is 0 Å². The Labute approximate surface area is 90.4 Å². The van der Waals surface area contributed by atoms with E-state index < -0.39 is 0 Å². The largest absolute Gasteiger partial charge is 0.493 e. The lowest BCUT2D eigenvalue weighted by Crippen LogP contribution is -2.21. The van der Waals surface area contributed by atoms with E-state index in [0.717, 1.165) is 17.9 Å². The van der Waals surface area contributed by atoms with Crippen molar-refractivity contribution in [2.45, 2.75) is 12.5 Å². The van der Waals surface area contributed by atoms with Crippen LogP contribution in [0, 0.1) is 0 Å². The minimum absolute atomic E-state index is 0.201. The van der Waals surface area contributed by atoms with Crippen LogP contribution in [0.25, 0.3) is 0 Å². The number of ether oxygens (including phenoxy) is 2. The van der Waals surface area contributed by atoms with Crippen LogP contribution in [0.3, 0.4) is 0 Å². The molecule has 0 fully saturated rings. The highest BCUT2D eigenvalue weighted by molar-refractivity contribution is 5.28. The van der Waals surface area contributed by atoms with Crippen LogP contribution in [0.15, 0.2) is 6.20 Å². The number of methoxy groups -OCH3 is 2. The van der Waals surface area contributed by atoms with E-state index >= 15 is 0 Å². The predicted molar refractivity (Wildman–Crippen MR) is 58.1 cm³/mol. The van der Waals surface area contributed by atoms with E-state index in [1.807, 2.05) is 18.8 Å². The predicted octanol–water partition coefficient (Wildman–Crippen LogP) is 0.726. The van der Waals surface area contributed by atoms with Crippen LogP contribution < -0.4 is 10.1 Å². The topological polar surface area (TPSA) is 48.3 Å². The molecular formula is C10H19N3O2. The lowest BCUT2D eigenvalue weighted by atomic mass is 10.1. The number of rotatable bonds is 6. The zero-order valence-corrected chi connectivity index (χ0v) is 9.78. The highest BCUT2D eigenvalue weighted by atomic mass is 16.5. The van der Waals surface area contributed by atoms with Crippen molar-refractivity contribution in [2.24, 2.45) is 7.05 Å². The zero-order valence-electron chi connectivity index (χ0n) is 9.78. The Balaban J connectivity index is 2.84. The molecule has 0 saturated carbocycles. The van der Waals surface area contributed by atoms with Gasteiger partial charge in [0, 0.05) is 20.8 Å². The van der Waals surface area contributed by atoms with Crippen LogP contribution in [-0.2, 0) is 11.8 Å². The van der Waals surface area contributed by atoms with Crippen molar-refractivity contribution >= 4 is 0 Å². The average molecular weight is 213 g/mol. The Morgan fingerprint density at radius 2 is 2.27 bits per heavy atom. The molecule has 0 radical (unpaired) electrons. The zero-order chi connectivity index (χ0) is 11.3. The molecule has 0 aliphatic rings. The summed E-state index contributed by atoms with van der Waals surface area (Å²) >= 11 is 0. The molecule has 0 spiro atoms. The van der Waals surface area contributed by atoms with E-state index in [-0.39, 0.29) is 6.04 Å². The van der Waals surface area contributed by atoms with Crippen molar-refractivity contribution in [1.29, 1.82) is 0 Å². The summed E-state index contributed by atoms with van der Waals surface area (Å²) in [7, 11) is 7.19. The quantitative estimate of drug-likeness (QED) is 0.756. The number of nitrogens with zero attached hydrogens (tertiary/aromatic N) is 2. The fourth-order valence-corrected chi connectivity index (χ4v) is 1.63. The summed E-state index contributed by atoms with van der Waals surface area (Å²) in [5, 5.41) is 7.41. The second-order valence-corrected chi connectivity index (χ2v) is 3.34. The Morgan fingerprint density at radius 1 is 1.53 bits per heavy atom. The molecule has 1 aromatic heterocycles. The maximum atomic E-state index is 5.26. The van der Waals surface area contributed by atoms with Crippen molar-refractivity contribution < 1.29 is 9.47 Å². The molecule has 1 N–H and O–H groups in total. The molecule has 1 unspecified atom stereocenters. The Kier molecular flexibility index (Phi) is 4.58. The third-order valence-electron chi connectivity index (χ3n) is 2.46. The second-order valence-electron chi connectivity index (χ2n) is 3.34. The molecule has 5 heteroatoms. The van der Waals surface area contributed by atoms with E-state index in [1.54, 1.807) is 20.4 Å². The molecule has 1 atom stereocenters. The molecule has 86 valence electrons. The van der Waals surface area contributed by atoms with E-state index in [9.17, 15) is 0 Å². The molecule has 0 aromatic carbocycles. The van der Waals surface area contributed by atoms with Crippen LogP contribution in [0.1, 0.15) is 18.2 Å². The van der Waals surface area contributed by atoms with Crippen molar-refractivity contribution in [3.63, 3.8) is 0 Å². The van der Waals surface area contributed by atoms with Gasteiger partial charge >= 0.3 is 0 Å². The summed E-state index contributed by atoms with van der Waals surface area (Å²) < 4.78 is 12.2. The van der Waals surface area contributed by atoms with Gasteiger partial charge in [-0.05, 0) is 13.5 Å². The first-order valence-electron chi connectivity index (χ1n) is 4.96. The van der Waals surface area contributed by atoms with E-state index in [0.29, 0.717) is 6.61 Å². The van der Waals surface area contributed by atoms with Crippen molar-refractivity contribution in [2.75, 3.05) is 27.9 Å². The Hall–Kier alpha value is -1.07. The molecular weight excluding hydrogens is 194 g/mol. The van der Waals surface area contributed by atoms with Gasteiger partial charge in [-0.3, -0.25) is 4.68 Å². The highest BCUT2D eigenvalue weighted by Crippen LogP contribution is 2.25. The molecule has 0 aliphatic carbocycles. The van der Waals surface area contributed by atoms with E-state index in [1.165, 1.54) is 0 Å². The van der Waals surface area contributed by atoms with E-state index in [2.05, 4.69) is 10.4 Å². The van der Waals surface area contributed by atoms with Crippen LogP contribution in [0.5, 0.6) is 5.75 Å². The summed E-state index contributed by atoms with van der Waals surface area (Å²) in [4.78, 5) is 0. The summed E-state index contributed by atoms with van der Waals surface area (Å²) in [5.74, 6) is 0.813. The minimum atomic E-state index is 0.201. The molecule has 0 amide bonds. The van der Waals surface area contributed by atoms with Gasteiger partial charge in [0.15, 0.2) is 5.75 Å². The van der Waals surface area contributed by atoms with E-state index in [4.69, 9.17) is 9.47 Å². The first kappa shape index (κ1) is 12.0. The standard InChI is InChI=1S/C10H19N3O2/c1-11-8(5-6-14-3)10-9(15-4)7-12-13(10)2/h7-8,11H,5-6H2,1-4H3. The maximum Gasteiger partial charge on any atom is 0.161 e. The summed E-state index contributed by atoms with van der Waals surface area (Å²) in [6.45, 7) is 0.708. The summed E-state index contributed by atoms with van der Waals surface area (Å²) in [5.41, 5.74) is 1.05. The minimum Gasteiger partial charge on any atom is -0.493 e. The number of hydrogen-bond donors (Lipinski definition) is 1. The third-order valence-corrected chi connectivity index (χ3v) is 2.46. The van der Waals surface area contributed by atoms with Crippen LogP contribution in [0.4, 0.5) is 0 Å². The van der Waals surface area contributed by atoms with Gasteiger partial charge in [-0.2, -0.15) is 5.10 Å². The lowest BCUT2D eigenvalue weighted by Gasteiger charge is -2.17. The van der Waals surface area contributed by atoms with Crippen LogP contribution in [-0.4, -0.2) is 37.7 Å². The first-order chi connectivity index (χ1) is 7.24. The van der Waals surface area contributed by atoms with Crippen molar-refractivity contribution in [1.82, 2.24) is 15.1 Å². The normalized spacial score (nSPS) is 12.8. The number of nitrogens with one attached hydrogen (secondary N) is 1. The number of aromatic nitrogens is 2. The Morgan fingerprint density at radius 3 is 2.80 bits per heavy atom. The molecule has 0 aliphatic heterocycles. The van der Waals surface area contributed by atoms with Gasteiger partial charge < -0.3 is 14.8 Å². The van der Waals surface area contributed by atoms with Gasteiger partial charge in [-0.15, -0.1) is 0 Å². The first-order valence-corrected chi connectivity index (χ1v) is 4.96. The monoisotopic (exact) mass is 213 g/mol. The molecule has 5 nitrogen and oxygen atoms in total. The fraction of sp³-hybridized carbons (Fsp3) is 0.700. The van der Waals surface area contributed by atoms with Gasteiger partial charge in [0.2, 0.25) is 0 Å². The summed E-state index contributed by atoms with van der Waals surface area (Å²) in [6.07, 6.45) is 2.62. The summed E-state index contributed by atoms with van der Waals surface area (Å²) in [6, 6.07) is 0.201. The van der Waals surface area contributed by atoms with Gasteiger partial charge in [0.25, 0.3) is 0 Å². The maximum absolute atomic E-state index is 5.26. The molecule has 0 bridgehead atoms. The Bertz CT molecular complexity index is 299. The number of hydrogen-bond acceptors (Lipinski definition) is 4. The van der Waals surface area contributed by atoms with Crippen molar-refractivity contribution in [3.05, 3.63) is 11.9 Å². The van der Waals surface area contributed by atoms with Crippen LogP contribution >= 0.6 is 0 Å². The van der Waals surface area contributed by atoms with Gasteiger partial charge in [0.1, 0.15) is 0 Å². The lowest BCUT2D eigenvalue weighted by molar-refractivity contribution is 0.182. The smallest absolute Gasteiger partial charge is 0.161 e. The molecule has 1 aromatic rings. The molecule has 1 rings (SSSR count). The molecule has 0 saturated heterocycles. The average Bonchev–Trinajstić information content (AvgIpc) is 2.62. The SMILES string of the molecule is CNC(CCOC)c1c(OC)cnn1C. The number of aryl methyl sites for hydroxylation is 1. The highest BCUT2D eigenvalue weighted by Gasteiger charge is 2.18. The van der Waals surface area contributed by atoms with Gasteiger partial charge in [0.05, 0.1) is 25.0 Å². The fourth-order valence-electron chi connectivity index (χ4n) is 1.63. The third kappa shape index (κ3) is 2.70. The molecule has 15 heavy (non-hydrogen) atoms.